The number of alkyl halides is 1. The van der Waals surface area contributed by atoms with Crippen LogP contribution in [0.2, 0.25) is 0 Å². The first kappa shape index (κ1) is 14.3. The van der Waals surface area contributed by atoms with E-state index in [9.17, 15) is 9.59 Å². The van der Waals surface area contributed by atoms with E-state index in [2.05, 4.69) is 17.0 Å². The van der Waals surface area contributed by atoms with Crippen LogP contribution >= 0.6 is 11.6 Å². The number of carbonyl (C=O) groups excluding carboxylic acids is 2. The van der Waals surface area contributed by atoms with E-state index < -0.39 is 11.6 Å². The fraction of sp³-hybridized carbons (Fsp3) is 0.833. The number of hydrogen-bond acceptors (Lipinski definition) is 3. The highest BCUT2D eigenvalue weighted by Gasteiger charge is 2.42. The minimum absolute atomic E-state index is 0.0687. The minimum Gasteiger partial charge on any atom is -0.453 e. The molecule has 4 nitrogen and oxygen atoms in total. The first-order chi connectivity index (χ1) is 8.07. The number of alkyl carbamates (subject to hydrolysis) is 1. The highest BCUT2D eigenvalue weighted by atomic mass is 35.5. The highest BCUT2D eigenvalue weighted by Crippen LogP contribution is 2.34. The smallest absolute Gasteiger partial charge is 0.407 e. The van der Waals surface area contributed by atoms with Gasteiger partial charge in [0.15, 0.2) is 5.78 Å². The SMILES string of the molecule is CCC1CCC(NC(=O)OC)(C(=O)CCl)CC1. The van der Waals surface area contributed by atoms with Crippen molar-refractivity contribution in [2.24, 2.45) is 5.92 Å². The fourth-order valence-corrected chi connectivity index (χ4v) is 2.68. The first-order valence-corrected chi connectivity index (χ1v) is 6.56. The second-order valence-electron chi connectivity index (χ2n) is 4.61. The Bertz CT molecular complexity index is 285. The lowest BCUT2D eigenvalue weighted by molar-refractivity contribution is -0.124. The summed E-state index contributed by atoms with van der Waals surface area (Å²) in [5.41, 5.74) is -0.805. The van der Waals surface area contributed by atoms with Crippen LogP contribution in [0, 0.1) is 5.92 Å². The number of ether oxygens (including phenoxy) is 1. The summed E-state index contributed by atoms with van der Waals surface area (Å²) < 4.78 is 4.58. The molecule has 17 heavy (non-hydrogen) atoms. The predicted octanol–water partition coefficient (Wildman–Crippen LogP) is 2.49. The van der Waals surface area contributed by atoms with Gasteiger partial charge in [0, 0.05) is 0 Å². The summed E-state index contributed by atoms with van der Waals surface area (Å²) >= 11 is 5.63. The Morgan fingerprint density at radius 2 is 2.00 bits per heavy atom. The second-order valence-corrected chi connectivity index (χ2v) is 4.87. The standard InChI is InChI=1S/C12H20ClNO3/c1-3-9-4-6-12(7-5-9,10(15)8-13)14-11(16)17-2/h9H,3-8H2,1-2H3,(H,14,16). The van der Waals surface area contributed by atoms with Crippen LogP contribution in [0.5, 0.6) is 0 Å². The van der Waals surface area contributed by atoms with Gasteiger partial charge in [-0.05, 0) is 31.6 Å². The average Bonchev–Trinajstić information content (AvgIpc) is 2.38. The topological polar surface area (TPSA) is 55.4 Å². The largest absolute Gasteiger partial charge is 0.453 e. The molecule has 1 fully saturated rings. The monoisotopic (exact) mass is 261 g/mol. The maximum absolute atomic E-state index is 11.9. The summed E-state index contributed by atoms with van der Waals surface area (Å²) in [7, 11) is 1.30. The quantitative estimate of drug-likeness (QED) is 0.791. The molecule has 1 amide bonds. The van der Waals surface area contributed by atoms with Gasteiger partial charge in [-0.3, -0.25) is 4.79 Å². The maximum Gasteiger partial charge on any atom is 0.407 e. The summed E-state index contributed by atoms with van der Waals surface area (Å²) in [6.07, 6.45) is 3.77. The number of amides is 1. The maximum atomic E-state index is 11.9. The number of methoxy groups -OCH3 is 1. The molecule has 5 heteroatoms. The molecule has 0 heterocycles. The van der Waals surface area contributed by atoms with Crippen LogP contribution in [0.4, 0.5) is 4.79 Å². The molecule has 0 unspecified atom stereocenters. The predicted molar refractivity (Wildman–Crippen MR) is 66.2 cm³/mol. The van der Waals surface area contributed by atoms with E-state index >= 15 is 0 Å². The van der Waals surface area contributed by atoms with Crippen LogP contribution in [-0.2, 0) is 9.53 Å². The zero-order valence-electron chi connectivity index (χ0n) is 10.4. The van der Waals surface area contributed by atoms with Crippen LogP contribution in [0.1, 0.15) is 39.0 Å². The summed E-state index contributed by atoms with van der Waals surface area (Å²) in [4.78, 5) is 23.3. The van der Waals surface area contributed by atoms with E-state index in [1.165, 1.54) is 7.11 Å². The van der Waals surface area contributed by atoms with Gasteiger partial charge in [0.25, 0.3) is 0 Å². The highest BCUT2D eigenvalue weighted by molar-refractivity contribution is 6.29. The van der Waals surface area contributed by atoms with Crippen LogP contribution < -0.4 is 5.32 Å². The molecule has 1 saturated carbocycles. The molecule has 0 aromatic heterocycles. The van der Waals surface area contributed by atoms with Crippen molar-refractivity contribution in [3.05, 3.63) is 0 Å². The van der Waals surface area contributed by atoms with Crippen molar-refractivity contribution in [1.29, 1.82) is 0 Å². The van der Waals surface area contributed by atoms with E-state index in [0.717, 1.165) is 19.3 Å². The van der Waals surface area contributed by atoms with Gasteiger partial charge in [-0.15, -0.1) is 11.6 Å². The van der Waals surface area contributed by atoms with Crippen LogP contribution in [0.25, 0.3) is 0 Å². The Morgan fingerprint density at radius 3 is 2.41 bits per heavy atom. The van der Waals surface area contributed by atoms with E-state index in [0.29, 0.717) is 18.8 Å². The third kappa shape index (κ3) is 3.35. The van der Waals surface area contributed by atoms with Crippen molar-refractivity contribution in [2.75, 3.05) is 13.0 Å². The molecule has 98 valence electrons. The molecule has 0 spiro atoms. The van der Waals surface area contributed by atoms with Gasteiger partial charge in [-0.1, -0.05) is 13.3 Å². The minimum atomic E-state index is -0.805. The molecule has 0 atom stereocenters. The van der Waals surface area contributed by atoms with Crippen molar-refractivity contribution in [3.63, 3.8) is 0 Å². The van der Waals surface area contributed by atoms with Gasteiger partial charge in [0.05, 0.1) is 13.0 Å². The molecular formula is C12H20ClNO3. The fourth-order valence-electron chi connectivity index (χ4n) is 2.43. The molecule has 0 bridgehead atoms. The van der Waals surface area contributed by atoms with E-state index in [1.54, 1.807) is 0 Å². The molecule has 0 radical (unpaired) electrons. The number of hydrogen-bond donors (Lipinski definition) is 1. The third-order valence-electron chi connectivity index (χ3n) is 3.72. The number of halogens is 1. The number of rotatable bonds is 4. The summed E-state index contributed by atoms with van der Waals surface area (Å²) in [5, 5.41) is 2.68. The summed E-state index contributed by atoms with van der Waals surface area (Å²) in [6, 6.07) is 0. The number of Topliss-reactive ketones (excluding diaryl/α,β-unsaturated/α-hetero) is 1. The van der Waals surface area contributed by atoms with E-state index in [4.69, 9.17) is 11.6 Å². The third-order valence-corrected chi connectivity index (χ3v) is 3.96. The average molecular weight is 262 g/mol. The first-order valence-electron chi connectivity index (χ1n) is 6.03. The van der Waals surface area contributed by atoms with Crippen LogP contribution in [0.15, 0.2) is 0 Å². The van der Waals surface area contributed by atoms with Crippen molar-refractivity contribution in [1.82, 2.24) is 5.32 Å². The number of carbonyl (C=O) groups is 2. The Kier molecular flexibility index (Phi) is 5.25. The molecule has 0 saturated heterocycles. The lowest BCUT2D eigenvalue weighted by Crippen LogP contribution is -2.56. The van der Waals surface area contributed by atoms with Gasteiger partial charge in [-0.25, -0.2) is 4.79 Å². The zero-order chi connectivity index (χ0) is 12.9. The Labute approximate surface area is 107 Å². The molecule has 1 N–H and O–H groups in total. The molecule has 0 aromatic carbocycles. The lowest BCUT2D eigenvalue weighted by atomic mass is 9.73. The zero-order valence-corrected chi connectivity index (χ0v) is 11.2. The molecule has 0 aromatic rings. The Balaban J connectivity index is 2.74. The normalized spacial score (nSPS) is 28.5. The van der Waals surface area contributed by atoms with Crippen molar-refractivity contribution in [3.8, 4) is 0 Å². The summed E-state index contributed by atoms with van der Waals surface area (Å²) in [6.45, 7) is 2.15. The van der Waals surface area contributed by atoms with E-state index in [-0.39, 0.29) is 11.7 Å². The van der Waals surface area contributed by atoms with Gasteiger partial charge in [0.1, 0.15) is 5.54 Å². The molecule has 1 rings (SSSR count). The molecular weight excluding hydrogens is 242 g/mol. The summed E-state index contributed by atoms with van der Waals surface area (Å²) in [5.74, 6) is 0.464. The molecule has 0 aliphatic heterocycles. The Morgan fingerprint density at radius 1 is 1.41 bits per heavy atom. The van der Waals surface area contributed by atoms with Gasteiger partial charge in [-0.2, -0.15) is 0 Å². The van der Waals surface area contributed by atoms with Crippen molar-refractivity contribution in [2.45, 2.75) is 44.6 Å². The van der Waals surface area contributed by atoms with Crippen molar-refractivity contribution >= 4 is 23.5 Å². The van der Waals surface area contributed by atoms with E-state index in [1.807, 2.05) is 0 Å². The van der Waals surface area contributed by atoms with Gasteiger partial charge >= 0.3 is 6.09 Å². The van der Waals surface area contributed by atoms with Gasteiger partial charge in [0.2, 0.25) is 0 Å². The lowest BCUT2D eigenvalue weighted by Gasteiger charge is -2.38. The van der Waals surface area contributed by atoms with Crippen molar-refractivity contribution < 1.29 is 14.3 Å². The van der Waals surface area contributed by atoms with Gasteiger partial charge < -0.3 is 10.1 Å². The number of ketones is 1. The number of nitrogens with one attached hydrogen (secondary N) is 1. The van der Waals surface area contributed by atoms with Crippen LogP contribution in [-0.4, -0.2) is 30.4 Å². The molecule has 1 aliphatic carbocycles. The second kappa shape index (κ2) is 6.24. The Hall–Kier alpha value is -0.770. The van der Waals surface area contributed by atoms with Crippen LogP contribution in [0.3, 0.4) is 0 Å². The molecule has 1 aliphatic rings.